The number of fused-ring (bicyclic) bond motifs is 1. The molecule has 4 heterocycles. The summed E-state index contributed by atoms with van der Waals surface area (Å²) >= 11 is 0. The predicted octanol–water partition coefficient (Wildman–Crippen LogP) is 4.45. The number of hydrogen-bond donors (Lipinski definition) is 1. The summed E-state index contributed by atoms with van der Waals surface area (Å²) in [6, 6.07) is 9.81. The van der Waals surface area contributed by atoms with Gasteiger partial charge in [-0.1, -0.05) is 12.1 Å². The lowest BCUT2D eigenvalue weighted by Gasteiger charge is -2.33. The van der Waals surface area contributed by atoms with E-state index in [-0.39, 0.29) is 18.7 Å². The SMILES string of the molecule is CC(=O)N1CCCN(c2cccc3cnc(Nc4ccc(N5CCC(F)(F)CC5)cn4)nc23)CCC1. The van der Waals surface area contributed by atoms with Gasteiger partial charge in [0, 0.05) is 70.6 Å². The topological polar surface area (TPSA) is 77.5 Å². The van der Waals surface area contributed by atoms with Crippen molar-refractivity contribution in [3.63, 3.8) is 0 Å². The standard InChI is InChI=1S/C26H31F2N7O/c1-19(36)33-11-3-13-35(14-4-12-33)22-6-2-5-20-17-30-25(32-24(20)22)31-23-8-7-21(18-29-23)34-15-9-26(27,28)10-16-34/h2,5-8,17-18H,3-4,9-16H2,1H3,(H,29,30,31,32). The van der Waals surface area contributed by atoms with E-state index in [2.05, 4.69) is 26.3 Å². The third-order valence-corrected chi connectivity index (χ3v) is 6.94. The zero-order chi connectivity index (χ0) is 25.1. The summed E-state index contributed by atoms with van der Waals surface area (Å²) in [4.78, 5) is 31.7. The monoisotopic (exact) mass is 495 g/mol. The number of carbonyl (C=O) groups excluding carboxylic acids is 1. The van der Waals surface area contributed by atoms with Crippen LogP contribution in [-0.2, 0) is 4.79 Å². The molecule has 36 heavy (non-hydrogen) atoms. The molecule has 2 aliphatic heterocycles. The Morgan fingerprint density at radius 3 is 2.33 bits per heavy atom. The van der Waals surface area contributed by atoms with E-state index in [1.54, 1.807) is 19.3 Å². The third-order valence-electron chi connectivity index (χ3n) is 6.94. The first-order valence-electron chi connectivity index (χ1n) is 12.5. The van der Waals surface area contributed by atoms with Gasteiger partial charge in [0.1, 0.15) is 5.82 Å². The van der Waals surface area contributed by atoms with Gasteiger partial charge in [0.15, 0.2) is 0 Å². The molecule has 2 aromatic heterocycles. The van der Waals surface area contributed by atoms with Crippen LogP contribution in [0.2, 0.25) is 0 Å². The Balaban J connectivity index is 1.30. The van der Waals surface area contributed by atoms with Gasteiger partial charge >= 0.3 is 0 Å². The molecule has 0 saturated carbocycles. The number of halogens is 2. The van der Waals surface area contributed by atoms with Crippen molar-refractivity contribution in [3.8, 4) is 0 Å². The second kappa shape index (κ2) is 10.2. The van der Waals surface area contributed by atoms with Crippen molar-refractivity contribution in [1.29, 1.82) is 0 Å². The maximum atomic E-state index is 13.5. The summed E-state index contributed by atoms with van der Waals surface area (Å²) in [5.74, 6) is -1.40. The average molecular weight is 496 g/mol. The van der Waals surface area contributed by atoms with Gasteiger partial charge in [-0.2, -0.15) is 0 Å². The molecule has 1 N–H and O–H groups in total. The van der Waals surface area contributed by atoms with E-state index >= 15 is 0 Å². The second-order valence-electron chi connectivity index (χ2n) is 9.48. The summed E-state index contributed by atoms with van der Waals surface area (Å²) in [6.07, 6.45) is 5.04. The molecule has 2 saturated heterocycles. The molecule has 190 valence electrons. The maximum Gasteiger partial charge on any atom is 0.251 e. The molecular formula is C26H31F2N7O. The largest absolute Gasteiger partial charge is 0.370 e. The highest BCUT2D eigenvalue weighted by molar-refractivity contribution is 5.91. The van der Waals surface area contributed by atoms with Crippen LogP contribution in [0.3, 0.4) is 0 Å². The molecule has 10 heteroatoms. The Hall–Kier alpha value is -3.56. The first-order valence-corrected chi connectivity index (χ1v) is 12.5. The zero-order valence-corrected chi connectivity index (χ0v) is 20.5. The van der Waals surface area contributed by atoms with Crippen molar-refractivity contribution in [2.45, 2.75) is 38.5 Å². The molecule has 2 aliphatic rings. The number of para-hydroxylation sites is 1. The number of benzene rings is 1. The molecular weight excluding hydrogens is 464 g/mol. The number of anilines is 4. The van der Waals surface area contributed by atoms with Gasteiger partial charge < -0.3 is 20.0 Å². The molecule has 0 aliphatic carbocycles. The number of alkyl halides is 2. The Labute approximate surface area is 209 Å². The van der Waals surface area contributed by atoms with Crippen molar-refractivity contribution in [1.82, 2.24) is 19.9 Å². The molecule has 1 amide bonds. The summed E-state index contributed by atoms with van der Waals surface area (Å²) in [7, 11) is 0. The van der Waals surface area contributed by atoms with E-state index in [4.69, 9.17) is 4.98 Å². The summed E-state index contributed by atoms with van der Waals surface area (Å²) in [6.45, 7) is 5.50. The second-order valence-corrected chi connectivity index (χ2v) is 9.48. The van der Waals surface area contributed by atoms with E-state index in [1.165, 1.54) is 0 Å². The number of carbonyl (C=O) groups is 1. The Bertz CT molecular complexity index is 1200. The van der Waals surface area contributed by atoms with Crippen LogP contribution in [0.25, 0.3) is 10.9 Å². The average Bonchev–Trinajstić information content (AvgIpc) is 2.84. The maximum absolute atomic E-state index is 13.5. The van der Waals surface area contributed by atoms with Crippen LogP contribution < -0.4 is 15.1 Å². The Morgan fingerprint density at radius 1 is 0.917 bits per heavy atom. The first-order chi connectivity index (χ1) is 17.4. The predicted molar refractivity (Wildman–Crippen MR) is 137 cm³/mol. The number of piperidine rings is 1. The number of rotatable bonds is 4. The van der Waals surface area contributed by atoms with Gasteiger partial charge in [-0.05, 0) is 31.0 Å². The number of amides is 1. The fourth-order valence-corrected chi connectivity index (χ4v) is 4.89. The Morgan fingerprint density at radius 2 is 1.67 bits per heavy atom. The van der Waals surface area contributed by atoms with Crippen LogP contribution in [0.15, 0.2) is 42.7 Å². The number of pyridine rings is 1. The molecule has 0 atom stereocenters. The highest BCUT2D eigenvalue weighted by Gasteiger charge is 2.34. The van der Waals surface area contributed by atoms with Crippen molar-refractivity contribution in [3.05, 3.63) is 42.7 Å². The van der Waals surface area contributed by atoms with Crippen LogP contribution in [0.1, 0.15) is 32.6 Å². The van der Waals surface area contributed by atoms with Crippen LogP contribution in [0.4, 0.5) is 31.9 Å². The molecule has 0 spiro atoms. The van der Waals surface area contributed by atoms with Gasteiger partial charge in [-0.25, -0.2) is 23.7 Å². The fraction of sp³-hybridized carbons (Fsp3) is 0.462. The summed E-state index contributed by atoms with van der Waals surface area (Å²) in [5, 5.41) is 4.13. The van der Waals surface area contributed by atoms with Crippen molar-refractivity contribution >= 4 is 40.0 Å². The van der Waals surface area contributed by atoms with E-state index < -0.39 is 5.92 Å². The third kappa shape index (κ3) is 5.47. The van der Waals surface area contributed by atoms with E-state index in [9.17, 15) is 13.6 Å². The van der Waals surface area contributed by atoms with E-state index in [0.717, 1.165) is 61.3 Å². The lowest BCUT2D eigenvalue weighted by atomic mass is 10.1. The lowest BCUT2D eigenvalue weighted by molar-refractivity contribution is -0.129. The van der Waals surface area contributed by atoms with Crippen LogP contribution in [0, 0.1) is 0 Å². The van der Waals surface area contributed by atoms with E-state index in [0.29, 0.717) is 24.9 Å². The highest BCUT2D eigenvalue weighted by atomic mass is 19.3. The van der Waals surface area contributed by atoms with Crippen molar-refractivity contribution in [2.75, 3.05) is 54.4 Å². The molecule has 2 fully saturated rings. The molecule has 0 bridgehead atoms. The highest BCUT2D eigenvalue weighted by Crippen LogP contribution is 2.31. The van der Waals surface area contributed by atoms with Gasteiger partial charge in [-0.3, -0.25) is 4.79 Å². The number of nitrogens with zero attached hydrogens (tertiary/aromatic N) is 6. The minimum Gasteiger partial charge on any atom is -0.370 e. The summed E-state index contributed by atoms with van der Waals surface area (Å²) in [5.41, 5.74) is 2.75. The molecule has 3 aromatic rings. The number of nitrogens with one attached hydrogen (secondary N) is 1. The molecule has 0 unspecified atom stereocenters. The fourth-order valence-electron chi connectivity index (χ4n) is 4.89. The zero-order valence-electron chi connectivity index (χ0n) is 20.5. The summed E-state index contributed by atoms with van der Waals surface area (Å²) < 4.78 is 26.9. The smallest absolute Gasteiger partial charge is 0.251 e. The van der Waals surface area contributed by atoms with Gasteiger partial charge in [0.2, 0.25) is 11.9 Å². The van der Waals surface area contributed by atoms with Crippen LogP contribution in [-0.4, -0.2) is 71.0 Å². The van der Waals surface area contributed by atoms with Crippen molar-refractivity contribution in [2.24, 2.45) is 0 Å². The Kier molecular flexibility index (Phi) is 6.84. The first kappa shape index (κ1) is 24.1. The van der Waals surface area contributed by atoms with Gasteiger partial charge in [0.05, 0.1) is 23.1 Å². The minimum absolute atomic E-state index is 0.133. The normalized spacial score (nSPS) is 18.6. The number of aromatic nitrogens is 3. The van der Waals surface area contributed by atoms with E-state index in [1.807, 2.05) is 34.1 Å². The lowest BCUT2D eigenvalue weighted by Crippen LogP contribution is -2.39. The van der Waals surface area contributed by atoms with Gasteiger partial charge in [-0.15, -0.1) is 0 Å². The van der Waals surface area contributed by atoms with Crippen LogP contribution in [0.5, 0.6) is 0 Å². The quantitative estimate of drug-likeness (QED) is 0.573. The minimum atomic E-state index is -2.57. The molecule has 5 rings (SSSR count). The molecule has 8 nitrogen and oxygen atoms in total. The van der Waals surface area contributed by atoms with Gasteiger partial charge in [0.25, 0.3) is 5.92 Å². The van der Waals surface area contributed by atoms with Crippen molar-refractivity contribution < 1.29 is 13.6 Å². The van der Waals surface area contributed by atoms with Crippen LogP contribution >= 0.6 is 0 Å². The number of hydrogen-bond acceptors (Lipinski definition) is 7. The molecule has 0 radical (unpaired) electrons. The molecule has 1 aromatic carbocycles.